The standard InChI is InChI=1S/C21H27ClO2/c1-2-20-9-7-17-16-6-4-15(23)13-14(16)3-5-18(17)19(20)8-10-21(20,24)11-12-22/h8,10,13,15-19,23-24H,2-7,9H2,1H3/t15-,16-,17+,18+,19-,20-,21+/m0/s1. The molecule has 0 radical (unpaired) electrons. The van der Waals surface area contributed by atoms with Crippen molar-refractivity contribution in [2.45, 2.75) is 63.6 Å². The van der Waals surface area contributed by atoms with E-state index in [1.165, 1.54) is 12.0 Å². The lowest BCUT2D eigenvalue weighted by Crippen LogP contribution is -2.54. The van der Waals surface area contributed by atoms with Gasteiger partial charge in [0, 0.05) is 10.8 Å². The second-order valence-electron chi connectivity index (χ2n) is 8.28. The number of hydrogen-bond donors (Lipinski definition) is 2. The van der Waals surface area contributed by atoms with Gasteiger partial charge in [-0.25, -0.2) is 0 Å². The predicted octanol–water partition coefficient (Wildman–Crippen LogP) is 4.02. The summed E-state index contributed by atoms with van der Waals surface area (Å²) in [7, 11) is 0. The minimum atomic E-state index is -1.07. The fourth-order valence-corrected chi connectivity index (χ4v) is 6.70. The maximum atomic E-state index is 11.2. The van der Waals surface area contributed by atoms with Crippen molar-refractivity contribution < 1.29 is 10.2 Å². The van der Waals surface area contributed by atoms with Crippen LogP contribution in [0.3, 0.4) is 0 Å². The van der Waals surface area contributed by atoms with Crippen LogP contribution >= 0.6 is 11.6 Å². The Bertz CT molecular complexity index is 642. The topological polar surface area (TPSA) is 40.5 Å². The van der Waals surface area contributed by atoms with E-state index in [-0.39, 0.29) is 11.5 Å². The van der Waals surface area contributed by atoms with E-state index >= 15 is 0 Å². The molecule has 0 amide bonds. The average molecular weight is 347 g/mol. The second-order valence-corrected chi connectivity index (χ2v) is 8.47. The van der Waals surface area contributed by atoms with Gasteiger partial charge in [0.1, 0.15) is 0 Å². The van der Waals surface area contributed by atoms with Crippen LogP contribution in [0.4, 0.5) is 0 Å². The number of hydrogen-bond acceptors (Lipinski definition) is 2. The van der Waals surface area contributed by atoms with Gasteiger partial charge in [-0.15, -0.1) is 0 Å². The summed E-state index contributed by atoms with van der Waals surface area (Å²) < 4.78 is 0. The van der Waals surface area contributed by atoms with Crippen LogP contribution in [0.15, 0.2) is 23.8 Å². The lowest BCUT2D eigenvalue weighted by atomic mass is 9.49. The third-order valence-electron chi connectivity index (χ3n) is 7.68. The highest BCUT2D eigenvalue weighted by atomic mass is 35.5. The first-order valence-electron chi connectivity index (χ1n) is 9.48. The third-order valence-corrected chi connectivity index (χ3v) is 7.78. The van der Waals surface area contributed by atoms with Crippen molar-refractivity contribution in [1.29, 1.82) is 0 Å². The van der Waals surface area contributed by atoms with Crippen LogP contribution in [0.25, 0.3) is 0 Å². The van der Waals surface area contributed by atoms with Gasteiger partial charge in [-0.05, 0) is 92.2 Å². The summed E-state index contributed by atoms with van der Waals surface area (Å²) >= 11 is 5.68. The maximum absolute atomic E-state index is 11.2. The zero-order valence-electron chi connectivity index (χ0n) is 14.3. The highest BCUT2D eigenvalue weighted by Gasteiger charge is 2.61. The smallest absolute Gasteiger partial charge is 0.151 e. The van der Waals surface area contributed by atoms with Crippen molar-refractivity contribution in [2.75, 3.05) is 0 Å². The molecule has 4 aliphatic carbocycles. The van der Waals surface area contributed by atoms with Gasteiger partial charge in [0.25, 0.3) is 0 Å². The summed E-state index contributed by atoms with van der Waals surface area (Å²) in [6.45, 7) is 2.19. The first-order chi connectivity index (χ1) is 11.5. The van der Waals surface area contributed by atoms with Crippen molar-refractivity contribution in [3.63, 3.8) is 0 Å². The van der Waals surface area contributed by atoms with Crippen LogP contribution in [0.1, 0.15) is 51.9 Å². The first kappa shape index (κ1) is 16.7. The van der Waals surface area contributed by atoms with Crippen molar-refractivity contribution in [1.82, 2.24) is 0 Å². The molecule has 0 spiro atoms. The number of aliphatic hydroxyl groups excluding tert-OH is 1. The molecule has 2 nitrogen and oxygen atoms in total. The van der Waals surface area contributed by atoms with Gasteiger partial charge in [-0.3, -0.25) is 0 Å². The summed E-state index contributed by atoms with van der Waals surface area (Å²) in [5.41, 5.74) is 0.250. The molecule has 2 N–H and O–H groups in total. The van der Waals surface area contributed by atoms with Crippen molar-refractivity contribution in [2.24, 2.45) is 29.1 Å². The molecule has 2 fully saturated rings. The predicted molar refractivity (Wildman–Crippen MR) is 96.2 cm³/mol. The molecule has 3 heteroatoms. The van der Waals surface area contributed by atoms with Crippen molar-refractivity contribution in [3.8, 4) is 11.3 Å². The molecule has 7 atom stereocenters. The van der Waals surface area contributed by atoms with Crippen LogP contribution in [-0.2, 0) is 0 Å². The zero-order valence-corrected chi connectivity index (χ0v) is 15.1. The van der Waals surface area contributed by atoms with Gasteiger partial charge >= 0.3 is 0 Å². The molecule has 130 valence electrons. The quantitative estimate of drug-likeness (QED) is 0.556. The van der Waals surface area contributed by atoms with Gasteiger partial charge < -0.3 is 10.2 Å². The summed E-state index contributed by atoms with van der Waals surface area (Å²) in [4.78, 5) is 0. The average Bonchev–Trinajstić information content (AvgIpc) is 2.88. The Morgan fingerprint density at radius 3 is 2.83 bits per heavy atom. The fourth-order valence-electron chi connectivity index (χ4n) is 6.56. The highest BCUT2D eigenvalue weighted by Crippen LogP contribution is 2.63. The minimum absolute atomic E-state index is 0.175. The third kappa shape index (κ3) is 2.18. The van der Waals surface area contributed by atoms with Crippen molar-refractivity contribution >= 4 is 11.6 Å². The Kier molecular flexibility index (Phi) is 4.11. The van der Waals surface area contributed by atoms with Crippen LogP contribution in [0, 0.1) is 40.4 Å². The Balaban J connectivity index is 1.67. The van der Waals surface area contributed by atoms with Crippen LogP contribution in [-0.4, -0.2) is 21.9 Å². The molecule has 0 bridgehead atoms. The summed E-state index contributed by atoms with van der Waals surface area (Å²) in [5, 5.41) is 23.6. The largest absolute Gasteiger partial charge is 0.389 e. The van der Waals surface area contributed by atoms with Gasteiger partial charge in [0.05, 0.1) is 6.10 Å². The molecular formula is C21H27ClO2. The van der Waals surface area contributed by atoms with E-state index in [9.17, 15) is 10.2 Å². The van der Waals surface area contributed by atoms with E-state index in [2.05, 4.69) is 30.4 Å². The summed E-state index contributed by atoms with van der Waals surface area (Å²) in [6.07, 6.45) is 13.5. The lowest BCUT2D eigenvalue weighted by Gasteiger charge is -2.56. The summed E-state index contributed by atoms with van der Waals surface area (Å²) in [5.74, 6) is 5.27. The first-order valence-corrected chi connectivity index (χ1v) is 9.85. The molecule has 4 rings (SSSR count). The molecule has 0 aromatic rings. The number of aliphatic hydroxyl groups is 2. The molecule has 0 saturated heterocycles. The van der Waals surface area contributed by atoms with Gasteiger partial charge in [0.15, 0.2) is 5.60 Å². The maximum Gasteiger partial charge on any atom is 0.151 e. The Morgan fingerprint density at radius 1 is 1.25 bits per heavy atom. The van der Waals surface area contributed by atoms with Gasteiger partial charge in [-0.1, -0.05) is 24.6 Å². The second kappa shape index (κ2) is 5.90. The number of allylic oxidation sites excluding steroid dienone is 2. The monoisotopic (exact) mass is 346 g/mol. The molecule has 0 aromatic carbocycles. The Morgan fingerprint density at radius 2 is 2.08 bits per heavy atom. The molecular weight excluding hydrogens is 320 g/mol. The van der Waals surface area contributed by atoms with E-state index in [1.807, 2.05) is 6.08 Å². The van der Waals surface area contributed by atoms with E-state index < -0.39 is 5.60 Å². The number of rotatable bonds is 1. The van der Waals surface area contributed by atoms with Crippen LogP contribution in [0.2, 0.25) is 0 Å². The minimum Gasteiger partial charge on any atom is -0.389 e. The highest BCUT2D eigenvalue weighted by molar-refractivity contribution is 6.30. The van der Waals surface area contributed by atoms with E-state index in [0.29, 0.717) is 23.7 Å². The van der Waals surface area contributed by atoms with Gasteiger partial charge in [0.2, 0.25) is 0 Å². The Hall–Kier alpha value is -0.750. The number of halogens is 1. The number of fused-ring (bicyclic) bond motifs is 5. The fraction of sp³-hybridized carbons (Fsp3) is 0.714. The lowest BCUT2D eigenvalue weighted by molar-refractivity contribution is -0.0884. The van der Waals surface area contributed by atoms with E-state index in [1.54, 1.807) is 0 Å². The van der Waals surface area contributed by atoms with E-state index in [0.717, 1.165) is 38.5 Å². The van der Waals surface area contributed by atoms with Crippen LogP contribution in [0.5, 0.6) is 0 Å². The van der Waals surface area contributed by atoms with Gasteiger partial charge in [-0.2, -0.15) is 0 Å². The molecule has 2 saturated carbocycles. The molecule has 0 aromatic heterocycles. The normalized spacial score (nSPS) is 49.3. The van der Waals surface area contributed by atoms with Crippen LogP contribution < -0.4 is 0 Å². The molecule has 24 heavy (non-hydrogen) atoms. The summed E-state index contributed by atoms with van der Waals surface area (Å²) in [6, 6.07) is 0. The zero-order chi connectivity index (χ0) is 16.9. The van der Waals surface area contributed by atoms with E-state index in [4.69, 9.17) is 11.6 Å². The molecule has 4 aliphatic rings. The SMILES string of the molecule is CC[C@]12CC[C@H]3[C@@H](CCC4=C[C@@H](O)CC[C@@H]43)[C@@H]1C=C[C@@]2(O)C#CCl. The molecule has 0 aliphatic heterocycles. The van der Waals surface area contributed by atoms with Crippen molar-refractivity contribution in [3.05, 3.63) is 23.8 Å². The molecule has 0 unspecified atom stereocenters. The molecule has 0 heterocycles. The Labute approximate surface area is 150 Å².